The Morgan fingerprint density at radius 3 is 2.91 bits per heavy atom. The third-order valence-corrected chi connectivity index (χ3v) is 6.33. The summed E-state index contributed by atoms with van der Waals surface area (Å²) in [5, 5.41) is 5.65. The number of fused-ring (bicyclic) bond motifs is 1. The minimum atomic E-state index is -4.65. The Balaban J connectivity index is 1.29. The van der Waals surface area contributed by atoms with Crippen LogP contribution in [0, 0.1) is 11.3 Å². The lowest BCUT2D eigenvalue weighted by Crippen LogP contribution is -2.08. The Morgan fingerprint density at radius 1 is 1.27 bits per heavy atom. The summed E-state index contributed by atoms with van der Waals surface area (Å²) >= 11 is 0. The Labute approximate surface area is 184 Å². The van der Waals surface area contributed by atoms with Gasteiger partial charge in [-0.15, -0.1) is 0 Å². The average molecular weight is 460 g/mol. The highest BCUT2D eigenvalue weighted by atomic mass is 19.4. The number of ether oxygens (including phenoxy) is 2. The van der Waals surface area contributed by atoms with E-state index in [1.165, 1.54) is 6.33 Å². The topological polar surface area (TPSA) is 119 Å². The third-order valence-electron chi connectivity index (χ3n) is 6.33. The summed E-state index contributed by atoms with van der Waals surface area (Å²) in [6.07, 6.45) is 4.04. The Morgan fingerprint density at radius 2 is 2.18 bits per heavy atom. The van der Waals surface area contributed by atoms with Gasteiger partial charge in [0.25, 0.3) is 0 Å². The van der Waals surface area contributed by atoms with Crippen LogP contribution < -0.4 is 0 Å². The molecule has 1 saturated heterocycles. The summed E-state index contributed by atoms with van der Waals surface area (Å²) in [6, 6.07) is 0. The van der Waals surface area contributed by atoms with E-state index in [4.69, 9.17) is 9.47 Å². The highest BCUT2D eigenvalue weighted by Gasteiger charge is 2.55. The van der Waals surface area contributed by atoms with Crippen molar-refractivity contribution in [2.45, 2.75) is 25.6 Å². The molecule has 1 spiro atoms. The number of aromatic amines is 2. The number of nitrogens with one attached hydrogen (secondary N) is 2. The van der Waals surface area contributed by atoms with Gasteiger partial charge in [-0.05, 0) is 18.8 Å². The van der Waals surface area contributed by atoms with Gasteiger partial charge in [0.2, 0.25) is 17.4 Å². The van der Waals surface area contributed by atoms with Crippen LogP contribution in [0.1, 0.15) is 24.2 Å². The van der Waals surface area contributed by atoms with Crippen molar-refractivity contribution >= 4 is 5.78 Å². The minimum Gasteiger partial charge on any atom is -0.381 e. The molecular weight excluding hydrogens is 441 g/mol. The predicted molar refractivity (Wildman–Crippen MR) is 107 cm³/mol. The van der Waals surface area contributed by atoms with E-state index in [0.717, 1.165) is 31.6 Å². The smallest absolute Gasteiger partial charge is 0.381 e. The van der Waals surface area contributed by atoms with Gasteiger partial charge in [-0.2, -0.15) is 18.3 Å². The van der Waals surface area contributed by atoms with E-state index in [1.807, 2.05) is 5.10 Å². The molecule has 6 rings (SSSR count). The zero-order valence-electron chi connectivity index (χ0n) is 17.3. The van der Waals surface area contributed by atoms with Gasteiger partial charge in [0.1, 0.15) is 11.4 Å². The summed E-state index contributed by atoms with van der Waals surface area (Å²) in [6.45, 7) is 2.65. The highest BCUT2D eigenvalue weighted by Crippen LogP contribution is 2.57. The first kappa shape index (κ1) is 20.3. The van der Waals surface area contributed by atoms with E-state index in [9.17, 15) is 13.2 Å². The third kappa shape index (κ3) is 3.56. The molecule has 0 radical (unpaired) electrons. The molecule has 2 N–H and O–H groups in total. The lowest BCUT2D eigenvalue weighted by molar-refractivity contribution is -0.144. The van der Waals surface area contributed by atoms with Crippen LogP contribution in [0.4, 0.5) is 13.2 Å². The SMILES string of the molecule is FC(F)(F)c1nc(-c2nc3ncc(COCC4CC45CCOC5)cn3c2-c2cnc[nH]2)n[nH]1. The predicted octanol–water partition coefficient (Wildman–Crippen LogP) is 2.87. The fraction of sp³-hybridized carbons (Fsp3) is 0.450. The highest BCUT2D eigenvalue weighted by molar-refractivity contribution is 5.76. The van der Waals surface area contributed by atoms with Crippen molar-refractivity contribution in [2.75, 3.05) is 19.8 Å². The van der Waals surface area contributed by atoms with E-state index in [2.05, 4.69) is 30.0 Å². The van der Waals surface area contributed by atoms with E-state index >= 15 is 0 Å². The normalized spacial score (nSPS) is 22.6. The molecule has 2 atom stereocenters. The van der Waals surface area contributed by atoms with Gasteiger partial charge in [-0.1, -0.05) is 0 Å². The summed E-state index contributed by atoms with van der Waals surface area (Å²) in [7, 11) is 0. The van der Waals surface area contributed by atoms with Gasteiger partial charge in [0.05, 0.1) is 38.0 Å². The first-order valence-electron chi connectivity index (χ1n) is 10.4. The summed E-state index contributed by atoms with van der Waals surface area (Å²) in [5.41, 5.74) is 2.25. The largest absolute Gasteiger partial charge is 0.451 e. The Hall–Kier alpha value is -3.32. The van der Waals surface area contributed by atoms with E-state index in [0.29, 0.717) is 41.7 Å². The van der Waals surface area contributed by atoms with Crippen LogP contribution in [0.25, 0.3) is 28.7 Å². The van der Waals surface area contributed by atoms with Crippen molar-refractivity contribution in [3.8, 4) is 22.9 Å². The maximum atomic E-state index is 13.0. The maximum Gasteiger partial charge on any atom is 0.451 e. The number of nitrogens with zero attached hydrogens (tertiary/aromatic N) is 6. The van der Waals surface area contributed by atoms with Crippen LogP contribution in [0.5, 0.6) is 0 Å². The molecule has 0 amide bonds. The van der Waals surface area contributed by atoms with Crippen LogP contribution in [0.15, 0.2) is 24.9 Å². The second-order valence-electron chi connectivity index (χ2n) is 8.49. The number of hydrogen-bond acceptors (Lipinski definition) is 7. The van der Waals surface area contributed by atoms with Crippen molar-refractivity contribution in [2.24, 2.45) is 11.3 Å². The van der Waals surface area contributed by atoms with Crippen LogP contribution in [0.3, 0.4) is 0 Å². The van der Waals surface area contributed by atoms with Crippen molar-refractivity contribution in [1.29, 1.82) is 0 Å². The maximum absolute atomic E-state index is 13.0. The molecular formula is C20H19F3N8O2. The summed E-state index contributed by atoms with van der Waals surface area (Å²) in [5.74, 6) is -0.572. The Kier molecular flexibility index (Phi) is 4.52. The zero-order chi connectivity index (χ0) is 22.6. The molecule has 0 bridgehead atoms. The zero-order valence-corrected chi connectivity index (χ0v) is 17.3. The molecule has 2 fully saturated rings. The summed E-state index contributed by atoms with van der Waals surface area (Å²) < 4.78 is 52.2. The van der Waals surface area contributed by atoms with Crippen molar-refractivity contribution in [3.05, 3.63) is 36.3 Å². The van der Waals surface area contributed by atoms with Crippen molar-refractivity contribution in [1.82, 2.24) is 39.5 Å². The average Bonchev–Trinajstić information content (AvgIpc) is 3.38. The van der Waals surface area contributed by atoms with Gasteiger partial charge in [0, 0.05) is 30.0 Å². The van der Waals surface area contributed by atoms with Crippen molar-refractivity contribution in [3.63, 3.8) is 0 Å². The molecule has 4 aromatic heterocycles. The standard InChI is InChI=1S/C20H19F3N8O2/c21-20(22,23)17-28-16(29-30-17)14-15(13-5-24-10-26-13)31-6-11(4-25-18(31)27-14)7-33-8-12-3-19(12)1-2-32-9-19/h4-6,10,12H,1-3,7-9H2,(H,24,26)(H,28,29,30). The molecule has 10 nitrogen and oxygen atoms in total. The molecule has 1 aliphatic heterocycles. The van der Waals surface area contributed by atoms with Crippen LogP contribution >= 0.6 is 0 Å². The fourth-order valence-corrected chi connectivity index (χ4v) is 4.43. The second-order valence-corrected chi connectivity index (χ2v) is 8.49. The van der Waals surface area contributed by atoms with Crippen LogP contribution in [-0.2, 0) is 22.3 Å². The molecule has 2 aliphatic rings. The number of imidazole rings is 2. The number of H-pyrrole nitrogens is 2. The molecule has 1 saturated carbocycles. The minimum absolute atomic E-state index is 0.151. The quantitative estimate of drug-likeness (QED) is 0.454. The van der Waals surface area contributed by atoms with E-state index in [1.54, 1.807) is 23.0 Å². The van der Waals surface area contributed by atoms with E-state index < -0.39 is 12.0 Å². The monoisotopic (exact) mass is 460 g/mol. The number of aromatic nitrogens is 8. The molecule has 2 unspecified atom stereocenters. The van der Waals surface area contributed by atoms with Crippen LogP contribution in [-0.4, -0.2) is 59.3 Å². The van der Waals surface area contributed by atoms with Gasteiger partial charge >= 0.3 is 6.18 Å². The van der Waals surface area contributed by atoms with Crippen LogP contribution in [0.2, 0.25) is 0 Å². The summed E-state index contributed by atoms with van der Waals surface area (Å²) in [4.78, 5) is 19.3. The lowest BCUT2D eigenvalue weighted by Gasteiger charge is -2.08. The van der Waals surface area contributed by atoms with E-state index in [-0.39, 0.29) is 11.5 Å². The molecule has 172 valence electrons. The molecule has 13 heteroatoms. The first-order chi connectivity index (χ1) is 15.9. The fourth-order valence-electron chi connectivity index (χ4n) is 4.43. The number of halogens is 3. The number of rotatable bonds is 6. The number of hydrogen-bond donors (Lipinski definition) is 2. The lowest BCUT2D eigenvalue weighted by atomic mass is 10.0. The molecule has 33 heavy (non-hydrogen) atoms. The van der Waals surface area contributed by atoms with Crippen molar-refractivity contribution < 1.29 is 22.6 Å². The molecule has 1 aliphatic carbocycles. The van der Waals surface area contributed by atoms with Gasteiger partial charge in [-0.3, -0.25) is 9.50 Å². The Bertz CT molecular complexity index is 1290. The molecule has 5 heterocycles. The molecule has 0 aromatic carbocycles. The first-order valence-corrected chi connectivity index (χ1v) is 10.4. The van der Waals surface area contributed by atoms with Gasteiger partial charge in [0.15, 0.2) is 0 Å². The molecule has 4 aromatic rings. The van der Waals surface area contributed by atoms with Gasteiger partial charge in [-0.25, -0.2) is 19.9 Å². The van der Waals surface area contributed by atoms with Gasteiger partial charge < -0.3 is 14.5 Å². The second kappa shape index (κ2) is 7.35. The number of alkyl halides is 3.